The average Bonchev–Trinajstić information content (AvgIpc) is 2.84. The highest BCUT2D eigenvalue weighted by Gasteiger charge is 2.25. The molecule has 124 valence electrons. The highest BCUT2D eigenvalue weighted by molar-refractivity contribution is 8.32. The fourth-order valence-electron chi connectivity index (χ4n) is 2.21. The van der Waals surface area contributed by atoms with Crippen LogP contribution in [-0.2, 0) is 10.0 Å². The molecule has 0 spiro atoms. The van der Waals surface area contributed by atoms with E-state index in [1.54, 1.807) is 42.5 Å². The van der Waals surface area contributed by atoms with Crippen molar-refractivity contribution in [1.29, 1.82) is 5.41 Å². The van der Waals surface area contributed by atoms with Gasteiger partial charge in [0.05, 0.1) is 15.9 Å². The van der Waals surface area contributed by atoms with E-state index in [4.69, 9.17) is 17.0 Å². The maximum absolute atomic E-state index is 13.1. The minimum Gasteiger partial charge on any atom is -0.288 e. The summed E-state index contributed by atoms with van der Waals surface area (Å²) in [5, 5.41) is 8.14. The van der Waals surface area contributed by atoms with Crippen LogP contribution in [-0.4, -0.2) is 21.7 Å². The Morgan fingerprint density at radius 3 is 2.54 bits per heavy atom. The van der Waals surface area contributed by atoms with Crippen LogP contribution in [0.4, 0.5) is 0 Å². The molecule has 1 aromatic heterocycles. The topological polar surface area (TPSA) is 75.8 Å². The lowest BCUT2D eigenvalue weighted by Crippen LogP contribution is -2.14. The number of benzene rings is 2. The van der Waals surface area contributed by atoms with Gasteiger partial charge in [-0.3, -0.25) is 5.41 Å². The van der Waals surface area contributed by atoms with Crippen LogP contribution in [0, 0.1) is 12.3 Å². The first-order valence-electron chi connectivity index (χ1n) is 6.74. The van der Waals surface area contributed by atoms with Crippen molar-refractivity contribution in [1.82, 2.24) is 8.96 Å². The van der Waals surface area contributed by atoms with Crippen LogP contribution in [0.5, 0.6) is 0 Å². The van der Waals surface area contributed by atoms with Crippen molar-refractivity contribution in [3.63, 3.8) is 0 Å². The first-order chi connectivity index (χ1) is 11.3. The molecule has 5 nitrogen and oxygen atoms in total. The predicted molar refractivity (Wildman–Crippen MR) is 101 cm³/mol. The van der Waals surface area contributed by atoms with E-state index in [9.17, 15) is 8.42 Å². The third kappa shape index (κ3) is 3.19. The summed E-state index contributed by atoms with van der Waals surface area (Å²) in [4.78, 5) is 4.44. The van der Waals surface area contributed by atoms with E-state index in [0.29, 0.717) is 16.1 Å². The van der Waals surface area contributed by atoms with Crippen LogP contribution < -0.4 is 0 Å². The van der Waals surface area contributed by atoms with Crippen LogP contribution in [0.1, 0.15) is 5.56 Å². The van der Waals surface area contributed by atoms with Gasteiger partial charge in [-0.25, -0.2) is 17.4 Å². The van der Waals surface area contributed by atoms with E-state index < -0.39 is 10.0 Å². The zero-order valence-corrected chi connectivity index (χ0v) is 15.7. The zero-order valence-electron chi connectivity index (χ0n) is 12.4. The van der Waals surface area contributed by atoms with Gasteiger partial charge in [0.1, 0.15) is 4.38 Å². The number of halogens is 1. The molecule has 0 saturated heterocycles. The van der Waals surface area contributed by atoms with E-state index in [1.807, 2.05) is 6.92 Å². The minimum absolute atomic E-state index is 0.0586. The number of fused-ring (bicyclic) bond motifs is 1. The number of nitrogens with one attached hydrogen (secondary N) is 1. The summed E-state index contributed by atoms with van der Waals surface area (Å²) in [6.45, 7) is 1.88. The molecule has 9 heteroatoms. The van der Waals surface area contributed by atoms with Crippen LogP contribution >= 0.6 is 36.0 Å². The number of aryl methyl sites for hydroxylation is 1. The Bertz CT molecular complexity index is 1040. The van der Waals surface area contributed by atoms with Gasteiger partial charge in [0.2, 0.25) is 0 Å². The minimum atomic E-state index is -3.87. The Morgan fingerprint density at radius 2 is 1.92 bits per heavy atom. The van der Waals surface area contributed by atoms with Crippen LogP contribution in [0.3, 0.4) is 0 Å². The van der Waals surface area contributed by atoms with Gasteiger partial charge in [0.15, 0.2) is 5.16 Å². The molecule has 0 aliphatic rings. The van der Waals surface area contributed by atoms with Crippen LogP contribution in [0.25, 0.3) is 11.0 Å². The number of hydrogen-bond acceptors (Lipinski definition) is 5. The van der Waals surface area contributed by atoms with Crippen LogP contribution in [0.2, 0.25) is 5.02 Å². The number of rotatable bonds is 3. The van der Waals surface area contributed by atoms with Crippen LogP contribution in [0.15, 0.2) is 52.5 Å². The predicted octanol–water partition coefficient (Wildman–Crippen LogP) is 4.19. The molecule has 3 aromatic rings. The summed E-state index contributed by atoms with van der Waals surface area (Å²) in [6.07, 6.45) is 0. The maximum Gasteiger partial charge on any atom is 0.270 e. The number of thiol groups is 1. The molecule has 0 atom stereocenters. The van der Waals surface area contributed by atoms with Gasteiger partial charge in [0, 0.05) is 5.02 Å². The molecule has 0 fully saturated rings. The normalized spacial score (nSPS) is 11.8. The molecule has 0 unspecified atom stereocenters. The number of nitrogens with zero attached hydrogens (tertiary/aromatic N) is 2. The van der Waals surface area contributed by atoms with E-state index in [0.717, 1.165) is 21.3 Å². The Morgan fingerprint density at radius 1 is 1.25 bits per heavy atom. The van der Waals surface area contributed by atoms with Gasteiger partial charge in [-0.05, 0) is 49.0 Å². The monoisotopic (exact) mass is 397 g/mol. The molecule has 2 aromatic carbocycles. The third-order valence-corrected chi connectivity index (χ3v) is 6.29. The second-order valence-electron chi connectivity index (χ2n) is 5.02. The van der Waals surface area contributed by atoms with Crippen molar-refractivity contribution in [2.24, 2.45) is 0 Å². The Kier molecular flexibility index (Phi) is 4.65. The molecule has 0 radical (unpaired) electrons. The quantitative estimate of drug-likeness (QED) is 0.300. The summed E-state index contributed by atoms with van der Waals surface area (Å²) >= 11 is 10.8. The summed E-state index contributed by atoms with van der Waals surface area (Å²) in [5.41, 5.74) is 1.80. The first kappa shape index (κ1) is 17.3. The standard InChI is InChI=1S/C15H12ClN3O2S3/c1-9-2-5-11(6-3-9)24(20,21)19-13-7-4-10(16)8-12(13)18-15(19)23-14(17)22/h2-8H,1H3,(H2,17,22). The smallest absolute Gasteiger partial charge is 0.270 e. The van der Waals surface area contributed by atoms with E-state index in [1.165, 1.54) is 0 Å². The highest BCUT2D eigenvalue weighted by Crippen LogP contribution is 2.31. The van der Waals surface area contributed by atoms with Gasteiger partial charge in [0.25, 0.3) is 10.0 Å². The number of aromatic nitrogens is 2. The molecule has 0 amide bonds. The lowest BCUT2D eigenvalue weighted by atomic mass is 10.2. The summed E-state index contributed by atoms with van der Waals surface area (Å²) < 4.78 is 27.2. The number of imidazole rings is 1. The molecule has 0 bridgehead atoms. The van der Waals surface area contributed by atoms with Crippen molar-refractivity contribution >= 4 is 61.4 Å². The summed E-state index contributed by atoms with van der Waals surface area (Å²) in [7, 11) is -3.87. The second kappa shape index (κ2) is 6.44. The third-order valence-electron chi connectivity index (χ3n) is 3.29. The first-order valence-corrected chi connectivity index (χ1v) is 9.83. The van der Waals surface area contributed by atoms with Crippen molar-refractivity contribution in [3.05, 3.63) is 53.1 Å². The molecule has 1 N–H and O–H groups in total. The lowest BCUT2D eigenvalue weighted by Gasteiger charge is -2.10. The Balaban J connectivity index is 2.30. The molecule has 3 rings (SSSR count). The lowest BCUT2D eigenvalue weighted by molar-refractivity contribution is 0.584. The van der Waals surface area contributed by atoms with Gasteiger partial charge in [-0.2, -0.15) is 0 Å². The molecular formula is C15H12ClN3O2S3. The fraction of sp³-hybridized carbons (Fsp3) is 0.0667. The molecule has 1 heterocycles. The van der Waals surface area contributed by atoms with Crippen molar-refractivity contribution < 1.29 is 8.42 Å². The van der Waals surface area contributed by atoms with Gasteiger partial charge in [-0.15, -0.1) is 12.6 Å². The van der Waals surface area contributed by atoms with Gasteiger partial charge < -0.3 is 0 Å². The summed E-state index contributed by atoms with van der Waals surface area (Å²) in [5.74, 6) is 0. The Hall–Kier alpha value is -1.48. The largest absolute Gasteiger partial charge is 0.288 e. The zero-order chi connectivity index (χ0) is 17.5. The number of thioether (sulfide) groups is 1. The van der Waals surface area contributed by atoms with E-state index >= 15 is 0 Å². The van der Waals surface area contributed by atoms with Crippen molar-refractivity contribution in [3.8, 4) is 0 Å². The molecule has 0 aliphatic carbocycles. The molecular weight excluding hydrogens is 386 g/mol. The van der Waals surface area contributed by atoms with E-state index in [2.05, 4.69) is 17.6 Å². The van der Waals surface area contributed by atoms with Gasteiger partial charge >= 0.3 is 0 Å². The van der Waals surface area contributed by atoms with Crippen molar-refractivity contribution in [2.75, 3.05) is 0 Å². The van der Waals surface area contributed by atoms with Gasteiger partial charge in [-0.1, -0.05) is 29.3 Å². The molecule has 0 aliphatic heterocycles. The fourth-order valence-corrected chi connectivity index (χ4v) is 4.87. The second-order valence-corrected chi connectivity index (χ2v) is 8.97. The molecule has 0 saturated carbocycles. The highest BCUT2D eigenvalue weighted by atomic mass is 35.5. The summed E-state index contributed by atoms with van der Waals surface area (Å²) in [6, 6.07) is 11.4. The Labute approximate surface area is 154 Å². The van der Waals surface area contributed by atoms with E-state index in [-0.39, 0.29) is 14.4 Å². The molecule has 24 heavy (non-hydrogen) atoms. The van der Waals surface area contributed by atoms with Crippen molar-refractivity contribution in [2.45, 2.75) is 17.0 Å². The SMILES string of the molecule is Cc1ccc(S(=O)(=O)n2c(SC(=N)S)nc3cc(Cl)ccc32)cc1. The maximum atomic E-state index is 13.1. The number of hydrogen-bond donors (Lipinski definition) is 2. The average molecular weight is 398 g/mol.